The zero-order valence-corrected chi connectivity index (χ0v) is 17.6. The van der Waals surface area contributed by atoms with Gasteiger partial charge in [-0.1, -0.05) is 57.3 Å². The van der Waals surface area contributed by atoms with Gasteiger partial charge >= 0.3 is 57.4 Å². The van der Waals surface area contributed by atoms with Crippen LogP contribution in [-0.4, -0.2) is 11.1 Å². The fourth-order valence-corrected chi connectivity index (χ4v) is 2.13. The Morgan fingerprint density at radius 2 is 1.59 bits per heavy atom. The predicted molar refractivity (Wildman–Crippen MR) is 85.9 cm³/mol. The maximum absolute atomic E-state index is 11.5. The monoisotopic (exact) mass is 334 g/mol. The second-order valence-corrected chi connectivity index (χ2v) is 5.54. The van der Waals surface area contributed by atoms with Crippen molar-refractivity contribution in [3.63, 3.8) is 0 Å². The minimum atomic E-state index is -0.700. The molecule has 1 N–H and O–H groups in total. The maximum atomic E-state index is 11.5. The molecule has 0 unspecified atom stereocenters. The van der Waals surface area contributed by atoms with Gasteiger partial charge in [0.25, 0.3) is 0 Å². The van der Waals surface area contributed by atoms with E-state index in [-0.39, 0.29) is 63.6 Å². The molecule has 0 amide bonds. The molecule has 0 atom stereocenters. The molecular weight excluding hydrogens is 303 g/mol. The number of carboxylic acid groups (broad SMARTS) is 1. The van der Waals surface area contributed by atoms with Crippen LogP contribution in [0.1, 0.15) is 84.0 Å². The zero-order chi connectivity index (χ0) is 15.8. The second-order valence-electron chi connectivity index (χ2n) is 5.54. The number of unbranched alkanes of at least 4 members (excludes halogenated alkanes) is 8. The number of aliphatic carboxylic acids is 1. The molecule has 0 aliphatic heterocycles. The maximum Gasteiger partial charge on any atom is 1.00 e. The van der Waals surface area contributed by atoms with Crippen molar-refractivity contribution in [2.45, 2.75) is 84.0 Å². The van der Waals surface area contributed by atoms with Crippen LogP contribution in [-0.2, 0) is 4.79 Å². The van der Waals surface area contributed by atoms with Crippen LogP contribution in [0.15, 0.2) is 24.0 Å². The Labute approximate surface area is 178 Å². The van der Waals surface area contributed by atoms with Crippen molar-refractivity contribution in [2.24, 2.45) is 0 Å². The Morgan fingerprint density at radius 1 is 0.955 bits per heavy atom. The summed E-state index contributed by atoms with van der Waals surface area (Å²) in [7, 11) is 0. The summed E-state index contributed by atoms with van der Waals surface area (Å²) in [6.07, 6.45) is 17.3. The van der Waals surface area contributed by atoms with Gasteiger partial charge in [-0.2, -0.15) is 0 Å². The summed E-state index contributed by atoms with van der Waals surface area (Å²) >= 11 is 0. The summed E-state index contributed by atoms with van der Waals surface area (Å²) in [6, 6.07) is 0. The standard InChI is InChI=1S/C18H32O3.K/c1-2-3-4-11-14-17(19)15-12-9-7-5-6-8-10-13-16-18(20)21;/h9,12,14,19H,2-8,10-11,13,15-16H2,1H3,(H,20,21);/q;+1/p-1/b12-9-,17-14+;. The van der Waals surface area contributed by atoms with Crippen molar-refractivity contribution in [3.8, 4) is 0 Å². The fraction of sp³-hybridized carbons (Fsp3) is 0.722. The number of rotatable bonds is 14. The topological polar surface area (TPSA) is 60.4 Å². The van der Waals surface area contributed by atoms with Gasteiger partial charge in [0.1, 0.15) is 0 Å². The first-order valence-corrected chi connectivity index (χ1v) is 8.39. The van der Waals surface area contributed by atoms with Crippen molar-refractivity contribution < 1.29 is 66.4 Å². The molecule has 0 saturated heterocycles. The number of carboxylic acids is 1. The largest absolute Gasteiger partial charge is 1.00 e. The second kappa shape index (κ2) is 19.4. The average molecular weight is 335 g/mol. The summed E-state index contributed by atoms with van der Waals surface area (Å²) in [5.74, 6) is -0.467. The first-order valence-electron chi connectivity index (χ1n) is 8.39. The first-order chi connectivity index (χ1) is 10.2. The SMILES string of the molecule is CCCCC/C=C(/[O-])C/C=C\CCCCCCCC(=O)O.[K+]. The van der Waals surface area contributed by atoms with E-state index in [1.165, 1.54) is 12.8 Å². The van der Waals surface area contributed by atoms with Crippen molar-refractivity contribution in [2.75, 3.05) is 0 Å². The van der Waals surface area contributed by atoms with Crippen LogP contribution in [0.5, 0.6) is 0 Å². The van der Waals surface area contributed by atoms with Crippen LogP contribution in [0, 0.1) is 0 Å². The van der Waals surface area contributed by atoms with Crippen LogP contribution in [0.2, 0.25) is 0 Å². The van der Waals surface area contributed by atoms with Crippen LogP contribution >= 0.6 is 0 Å². The molecule has 0 aromatic heterocycles. The van der Waals surface area contributed by atoms with E-state index in [0.29, 0.717) is 6.42 Å². The summed E-state index contributed by atoms with van der Waals surface area (Å²) in [4.78, 5) is 10.3. The summed E-state index contributed by atoms with van der Waals surface area (Å²) in [5.41, 5.74) is 0. The van der Waals surface area contributed by atoms with Gasteiger partial charge in [0.15, 0.2) is 0 Å². The molecule has 4 heteroatoms. The third-order valence-corrected chi connectivity index (χ3v) is 3.43. The van der Waals surface area contributed by atoms with Crippen molar-refractivity contribution in [3.05, 3.63) is 24.0 Å². The molecule has 0 aromatic carbocycles. The average Bonchev–Trinajstić information content (AvgIpc) is 2.45. The van der Waals surface area contributed by atoms with Crippen LogP contribution in [0.25, 0.3) is 0 Å². The molecule has 0 rings (SSSR count). The Hall–Kier alpha value is 0.386. The van der Waals surface area contributed by atoms with E-state index < -0.39 is 5.97 Å². The minimum Gasteiger partial charge on any atom is -0.875 e. The van der Waals surface area contributed by atoms with Gasteiger partial charge in [0, 0.05) is 6.42 Å². The van der Waals surface area contributed by atoms with E-state index in [0.717, 1.165) is 51.4 Å². The van der Waals surface area contributed by atoms with Crippen LogP contribution in [0.4, 0.5) is 0 Å². The van der Waals surface area contributed by atoms with E-state index in [4.69, 9.17) is 5.11 Å². The first kappa shape index (κ1) is 24.6. The molecule has 22 heavy (non-hydrogen) atoms. The fourth-order valence-electron chi connectivity index (χ4n) is 2.13. The summed E-state index contributed by atoms with van der Waals surface area (Å²) in [6.45, 7) is 2.16. The van der Waals surface area contributed by atoms with Crippen molar-refractivity contribution in [1.29, 1.82) is 0 Å². The van der Waals surface area contributed by atoms with Gasteiger partial charge in [-0.25, -0.2) is 0 Å². The molecule has 0 radical (unpaired) electrons. The third kappa shape index (κ3) is 20.4. The number of hydrogen-bond donors (Lipinski definition) is 1. The molecule has 0 saturated carbocycles. The molecule has 0 aliphatic carbocycles. The number of hydrogen-bond acceptors (Lipinski definition) is 2. The summed E-state index contributed by atoms with van der Waals surface area (Å²) in [5, 5.41) is 20.0. The number of carbonyl (C=O) groups is 1. The Morgan fingerprint density at radius 3 is 2.27 bits per heavy atom. The third-order valence-electron chi connectivity index (χ3n) is 3.43. The zero-order valence-electron chi connectivity index (χ0n) is 14.5. The van der Waals surface area contributed by atoms with E-state index in [9.17, 15) is 9.90 Å². The van der Waals surface area contributed by atoms with E-state index in [1.54, 1.807) is 0 Å². The van der Waals surface area contributed by atoms with E-state index in [2.05, 4.69) is 13.0 Å². The quantitative estimate of drug-likeness (QED) is 0.227. The van der Waals surface area contributed by atoms with Gasteiger partial charge in [-0.05, 0) is 38.5 Å². The Bertz CT molecular complexity index is 311. The molecule has 0 bridgehead atoms. The smallest absolute Gasteiger partial charge is 0.875 e. The van der Waals surface area contributed by atoms with Crippen LogP contribution < -0.4 is 56.5 Å². The molecule has 0 aromatic rings. The molecule has 0 spiro atoms. The van der Waals surface area contributed by atoms with Crippen molar-refractivity contribution >= 4 is 5.97 Å². The normalized spacial score (nSPS) is 11.6. The predicted octanol–water partition coefficient (Wildman–Crippen LogP) is 1.58. The van der Waals surface area contributed by atoms with Crippen LogP contribution in [0.3, 0.4) is 0 Å². The van der Waals surface area contributed by atoms with Gasteiger partial charge in [-0.15, -0.1) is 5.76 Å². The molecule has 0 aliphatic rings. The van der Waals surface area contributed by atoms with Gasteiger partial charge < -0.3 is 10.2 Å². The summed E-state index contributed by atoms with van der Waals surface area (Å²) < 4.78 is 0. The number of allylic oxidation sites excluding steroid dienone is 3. The van der Waals surface area contributed by atoms with Gasteiger partial charge in [0.05, 0.1) is 0 Å². The molecule has 0 heterocycles. The molecular formula is C18H31KO3. The van der Waals surface area contributed by atoms with Gasteiger partial charge in [0.2, 0.25) is 0 Å². The molecule has 0 fully saturated rings. The Balaban J connectivity index is 0. The van der Waals surface area contributed by atoms with Crippen molar-refractivity contribution in [1.82, 2.24) is 0 Å². The van der Waals surface area contributed by atoms with E-state index in [1.807, 2.05) is 12.2 Å². The van der Waals surface area contributed by atoms with E-state index >= 15 is 0 Å². The molecule has 122 valence electrons. The van der Waals surface area contributed by atoms with Gasteiger partial charge in [-0.3, -0.25) is 4.79 Å². The Kier molecular flexibility index (Phi) is 21.8. The molecule has 3 nitrogen and oxygen atoms in total. The minimum absolute atomic E-state index is 0.